The Morgan fingerprint density at radius 2 is 0.877 bits per heavy atom. The minimum absolute atomic E-state index is 0.0727. The van der Waals surface area contributed by atoms with E-state index in [1.165, 1.54) is 186 Å². The Bertz CT molecular complexity index is 1110. The Hall–Kier alpha value is -1.02. The van der Waals surface area contributed by atoms with Crippen LogP contribution >= 0.6 is 7.82 Å². The average molecular weight is 940 g/mol. The molecule has 1 amide bonds. The summed E-state index contributed by atoms with van der Waals surface area (Å²) >= 11 is 0. The van der Waals surface area contributed by atoms with Crippen LogP contribution in [0.3, 0.4) is 0 Å². The van der Waals surface area contributed by atoms with Gasteiger partial charge in [-0.1, -0.05) is 250 Å². The third-order valence-electron chi connectivity index (χ3n) is 13.0. The van der Waals surface area contributed by atoms with Gasteiger partial charge in [-0.25, -0.2) is 4.57 Å². The molecule has 0 rings (SSSR count). The molecular weight excluding hydrogens is 828 g/mol. The monoisotopic (exact) mass is 940 g/mol. The zero-order chi connectivity index (χ0) is 47.8. The molecule has 9 heteroatoms. The lowest BCUT2D eigenvalue weighted by Crippen LogP contribution is -2.46. The van der Waals surface area contributed by atoms with Crippen molar-refractivity contribution in [2.45, 2.75) is 289 Å². The Labute approximate surface area is 404 Å². The van der Waals surface area contributed by atoms with Crippen LogP contribution in [0.15, 0.2) is 24.3 Å². The van der Waals surface area contributed by atoms with Gasteiger partial charge in [-0.05, 0) is 44.9 Å². The van der Waals surface area contributed by atoms with E-state index in [1.54, 1.807) is 0 Å². The normalized spacial score (nSPS) is 14.1. The number of rotatable bonds is 52. The molecule has 0 aliphatic carbocycles. The number of phosphoric ester groups is 1. The molecule has 0 radical (unpaired) electrons. The fraction of sp³-hybridized carbons (Fsp3) is 0.911. The lowest BCUT2D eigenvalue weighted by atomic mass is 10.0. The third-order valence-corrected chi connectivity index (χ3v) is 13.9. The molecular formula is C56H112N2O6P+. The first-order valence-electron chi connectivity index (χ1n) is 28.2. The summed E-state index contributed by atoms with van der Waals surface area (Å²) in [6.07, 6.45) is 59.5. The van der Waals surface area contributed by atoms with Crippen LogP contribution in [-0.4, -0.2) is 73.4 Å². The van der Waals surface area contributed by atoms with E-state index in [4.69, 9.17) is 9.05 Å². The molecule has 3 N–H and O–H groups in total. The first-order chi connectivity index (χ1) is 31.5. The van der Waals surface area contributed by atoms with Gasteiger partial charge in [0.25, 0.3) is 0 Å². The number of likely N-dealkylation sites (N-methyl/N-ethyl adjacent to an activating group) is 1. The van der Waals surface area contributed by atoms with E-state index < -0.39 is 20.0 Å². The van der Waals surface area contributed by atoms with Crippen molar-refractivity contribution in [1.29, 1.82) is 0 Å². The van der Waals surface area contributed by atoms with Gasteiger partial charge in [0.05, 0.1) is 39.9 Å². The second-order valence-corrected chi connectivity index (χ2v) is 22.1. The van der Waals surface area contributed by atoms with E-state index in [0.29, 0.717) is 23.9 Å². The molecule has 3 atom stereocenters. The number of aliphatic hydroxyl groups is 1. The van der Waals surface area contributed by atoms with Crippen LogP contribution in [0.4, 0.5) is 0 Å². The number of quaternary nitrogens is 1. The Morgan fingerprint density at radius 3 is 1.29 bits per heavy atom. The van der Waals surface area contributed by atoms with Crippen molar-refractivity contribution in [3.63, 3.8) is 0 Å². The molecule has 0 aliphatic heterocycles. The molecule has 65 heavy (non-hydrogen) atoms. The third kappa shape index (κ3) is 50.7. The van der Waals surface area contributed by atoms with Gasteiger partial charge in [-0.2, -0.15) is 0 Å². The number of unbranched alkanes of at least 4 members (excludes halogenated alkanes) is 35. The van der Waals surface area contributed by atoms with Crippen LogP contribution in [0, 0.1) is 0 Å². The fourth-order valence-corrected chi connectivity index (χ4v) is 9.23. The molecule has 0 bridgehead atoms. The zero-order valence-corrected chi connectivity index (χ0v) is 44.9. The molecule has 0 spiro atoms. The molecule has 0 aromatic carbocycles. The van der Waals surface area contributed by atoms with E-state index >= 15 is 0 Å². The van der Waals surface area contributed by atoms with Crippen LogP contribution in [0.2, 0.25) is 0 Å². The summed E-state index contributed by atoms with van der Waals surface area (Å²) in [5.41, 5.74) is 0. The molecule has 0 aromatic rings. The largest absolute Gasteiger partial charge is 0.472 e. The van der Waals surface area contributed by atoms with Gasteiger partial charge in [-0.3, -0.25) is 13.8 Å². The second-order valence-electron chi connectivity index (χ2n) is 20.7. The molecule has 3 unspecified atom stereocenters. The van der Waals surface area contributed by atoms with Gasteiger partial charge >= 0.3 is 7.82 Å². The quantitative estimate of drug-likeness (QED) is 0.0243. The number of hydrogen-bond acceptors (Lipinski definition) is 5. The van der Waals surface area contributed by atoms with Gasteiger partial charge in [-0.15, -0.1) is 0 Å². The number of phosphoric acid groups is 1. The van der Waals surface area contributed by atoms with Crippen LogP contribution in [0.25, 0.3) is 0 Å². The highest BCUT2D eigenvalue weighted by atomic mass is 31.2. The number of hydrogen-bond donors (Lipinski definition) is 3. The van der Waals surface area contributed by atoms with Gasteiger partial charge in [0, 0.05) is 6.42 Å². The van der Waals surface area contributed by atoms with Crippen LogP contribution in [-0.2, 0) is 18.4 Å². The highest BCUT2D eigenvalue weighted by Gasteiger charge is 2.28. The SMILES string of the molecule is CCCCC/C=C\C/C=C\CCCCCCCC(=O)NC(COP(=O)(O)OCC[N+](C)(C)C)C(O)CCCCCCCCCCCCCCCCCCCCCCCCCCCCCC. The van der Waals surface area contributed by atoms with Gasteiger partial charge in [0.2, 0.25) is 5.91 Å². The van der Waals surface area contributed by atoms with Gasteiger partial charge in [0.15, 0.2) is 0 Å². The van der Waals surface area contributed by atoms with Crippen molar-refractivity contribution in [2.75, 3.05) is 40.9 Å². The highest BCUT2D eigenvalue weighted by Crippen LogP contribution is 2.43. The van der Waals surface area contributed by atoms with Crippen LogP contribution < -0.4 is 5.32 Å². The topological polar surface area (TPSA) is 105 Å². The predicted octanol–water partition coefficient (Wildman–Crippen LogP) is 16.8. The summed E-state index contributed by atoms with van der Waals surface area (Å²) in [6.45, 7) is 4.88. The van der Waals surface area contributed by atoms with Crippen LogP contribution in [0.5, 0.6) is 0 Å². The standard InChI is InChI=1S/C56H111N2O6P/c1-6-8-10-12-14-16-18-20-22-23-24-25-26-27-28-29-30-31-32-33-34-36-37-39-41-43-45-47-49-55(59)54(53-64-65(61,62)63-52-51-58(3,4)5)57-56(60)50-48-46-44-42-40-38-35-21-19-17-15-13-11-9-7-2/h15,17,21,35,54-55,59H,6-14,16,18-20,22-34,36-53H2,1-5H3,(H-,57,60,61,62)/p+1/b17-15-,35-21-. The fourth-order valence-electron chi connectivity index (χ4n) is 8.49. The Kier molecular flexibility index (Phi) is 47.3. The number of aliphatic hydroxyl groups excluding tert-OH is 1. The molecule has 0 aromatic heterocycles. The van der Waals surface area contributed by atoms with Crippen molar-refractivity contribution < 1.29 is 32.9 Å². The first kappa shape index (κ1) is 64.0. The molecule has 0 saturated heterocycles. The van der Waals surface area contributed by atoms with Gasteiger partial charge < -0.3 is 19.8 Å². The average Bonchev–Trinajstić information content (AvgIpc) is 3.26. The number of nitrogens with zero attached hydrogens (tertiary/aromatic N) is 1. The minimum atomic E-state index is -4.32. The lowest BCUT2D eigenvalue weighted by Gasteiger charge is -2.26. The summed E-state index contributed by atoms with van der Waals surface area (Å²) in [5.74, 6) is -0.155. The second kappa shape index (κ2) is 48.0. The first-order valence-corrected chi connectivity index (χ1v) is 29.7. The van der Waals surface area contributed by atoms with Crippen molar-refractivity contribution in [2.24, 2.45) is 0 Å². The van der Waals surface area contributed by atoms with Crippen molar-refractivity contribution in [1.82, 2.24) is 5.32 Å². The van der Waals surface area contributed by atoms with E-state index in [0.717, 1.165) is 64.2 Å². The highest BCUT2D eigenvalue weighted by molar-refractivity contribution is 7.47. The summed E-state index contributed by atoms with van der Waals surface area (Å²) in [4.78, 5) is 23.3. The maximum absolute atomic E-state index is 12.9. The number of nitrogens with one attached hydrogen (secondary N) is 1. The number of amides is 1. The van der Waals surface area contributed by atoms with Gasteiger partial charge in [0.1, 0.15) is 13.2 Å². The maximum atomic E-state index is 12.9. The predicted molar refractivity (Wildman–Crippen MR) is 281 cm³/mol. The van der Waals surface area contributed by atoms with E-state index in [1.807, 2.05) is 21.1 Å². The number of carbonyl (C=O) groups is 1. The molecule has 0 aliphatic rings. The summed E-state index contributed by atoms with van der Waals surface area (Å²) in [7, 11) is 1.61. The number of allylic oxidation sites excluding steroid dienone is 4. The summed E-state index contributed by atoms with van der Waals surface area (Å²) in [5, 5.41) is 14.0. The maximum Gasteiger partial charge on any atom is 0.472 e. The molecule has 0 saturated carbocycles. The van der Waals surface area contributed by atoms with Crippen molar-refractivity contribution in [3.8, 4) is 0 Å². The van der Waals surface area contributed by atoms with Crippen molar-refractivity contribution in [3.05, 3.63) is 24.3 Å². The molecule has 0 fully saturated rings. The Morgan fingerprint density at radius 1 is 0.523 bits per heavy atom. The Balaban J connectivity index is 4.10. The van der Waals surface area contributed by atoms with E-state index in [9.17, 15) is 19.4 Å². The molecule has 386 valence electrons. The smallest absolute Gasteiger partial charge is 0.391 e. The summed E-state index contributed by atoms with van der Waals surface area (Å²) in [6, 6.07) is -0.767. The zero-order valence-electron chi connectivity index (χ0n) is 44.0. The minimum Gasteiger partial charge on any atom is -0.391 e. The number of carbonyl (C=O) groups excluding carboxylic acids is 1. The van der Waals surface area contributed by atoms with E-state index in [2.05, 4.69) is 43.5 Å². The van der Waals surface area contributed by atoms with E-state index in [-0.39, 0.29) is 19.1 Å². The van der Waals surface area contributed by atoms with Crippen molar-refractivity contribution >= 4 is 13.7 Å². The summed E-state index contributed by atoms with van der Waals surface area (Å²) < 4.78 is 23.7. The lowest BCUT2D eigenvalue weighted by molar-refractivity contribution is -0.870. The molecule has 8 nitrogen and oxygen atoms in total. The van der Waals surface area contributed by atoms with Crippen LogP contribution in [0.1, 0.15) is 277 Å². The molecule has 0 heterocycles.